The van der Waals surface area contributed by atoms with Crippen LogP contribution in [0.15, 0.2) is 79.1 Å². The van der Waals surface area contributed by atoms with E-state index in [1.54, 1.807) is 22.7 Å². The molecule has 5 rings (SSSR count). The Hall–Kier alpha value is -4.39. The number of nitrogens with one attached hydrogen (secondary N) is 2. The number of aliphatic hydroxyl groups excluding tert-OH is 1. The van der Waals surface area contributed by atoms with Crippen LogP contribution in [0.3, 0.4) is 0 Å². The number of carbonyl (C=O) groups is 1. The van der Waals surface area contributed by atoms with Crippen LogP contribution in [0.5, 0.6) is 0 Å². The maximum absolute atomic E-state index is 12.7. The molecule has 9 nitrogen and oxygen atoms in total. The fourth-order valence-electron chi connectivity index (χ4n) is 4.30. The minimum absolute atomic E-state index is 0.0818. The summed E-state index contributed by atoms with van der Waals surface area (Å²) in [4.78, 5) is 12.7. The summed E-state index contributed by atoms with van der Waals surface area (Å²) in [5.74, 6) is 0.901. The van der Waals surface area contributed by atoms with Crippen molar-refractivity contribution in [3.63, 3.8) is 0 Å². The number of hydrogen-bond donors (Lipinski definition) is 3. The molecule has 2 aromatic carbocycles. The number of rotatable bonds is 6. The molecular formula is C32H42N6O3. The number of aryl methyl sites for hydroxylation is 1. The zero-order chi connectivity index (χ0) is 30.0. The van der Waals surface area contributed by atoms with Crippen LogP contribution in [0.2, 0.25) is 0 Å². The minimum atomic E-state index is -0.258. The second-order valence-corrected chi connectivity index (χ2v) is 9.36. The molecule has 2 atom stereocenters. The van der Waals surface area contributed by atoms with Crippen LogP contribution >= 0.6 is 0 Å². The number of terminal acetylenes is 1. The molecule has 0 unspecified atom stereocenters. The normalized spacial score (nSPS) is 15.2. The first-order valence-corrected chi connectivity index (χ1v) is 13.6. The van der Waals surface area contributed by atoms with Gasteiger partial charge in [-0.1, -0.05) is 54.6 Å². The number of ether oxygens (including phenoxy) is 1. The summed E-state index contributed by atoms with van der Waals surface area (Å²) < 4.78 is 8.02. The molecule has 3 N–H and O–H groups in total. The number of nitrogens with zero attached hydrogens (tertiary/aromatic N) is 4. The zero-order valence-corrected chi connectivity index (χ0v) is 24.4. The Morgan fingerprint density at radius 3 is 2.15 bits per heavy atom. The lowest BCUT2D eigenvalue weighted by Crippen LogP contribution is -2.37. The summed E-state index contributed by atoms with van der Waals surface area (Å²) in [5, 5.41) is 24.3. The van der Waals surface area contributed by atoms with Gasteiger partial charge in [-0.25, -0.2) is 9.48 Å². The van der Waals surface area contributed by atoms with Crippen molar-refractivity contribution >= 4 is 11.8 Å². The van der Waals surface area contributed by atoms with E-state index in [4.69, 9.17) is 5.10 Å². The van der Waals surface area contributed by atoms with Gasteiger partial charge in [0.05, 0.1) is 11.9 Å². The second kappa shape index (κ2) is 18.1. The molecule has 1 fully saturated rings. The molecule has 1 aliphatic rings. The first-order chi connectivity index (χ1) is 20.0. The Bertz CT molecular complexity index is 1270. The highest BCUT2D eigenvalue weighted by Gasteiger charge is 2.26. The summed E-state index contributed by atoms with van der Waals surface area (Å²) in [7, 11) is 3.54. The van der Waals surface area contributed by atoms with Crippen LogP contribution in [0.4, 0.5) is 10.6 Å². The van der Waals surface area contributed by atoms with Crippen molar-refractivity contribution in [1.82, 2.24) is 24.9 Å². The zero-order valence-electron chi connectivity index (χ0n) is 24.4. The molecule has 0 aliphatic heterocycles. The van der Waals surface area contributed by atoms with Crippen molar-refractivity contribution in [2.24, 2.45) is 13.0 Å². The number of benzene rings is 2. The van der Waals surface area contributed by atoms with Crippen molar-refractivity contribution in [2.75, 3.05) is 25.6 Å². The van der Waals surface area contributed by atoms with Gasteiger partial charge < -0.3 is 15.2 Å². The Balaban J connectivity index is 0.000000412. The van der Waals surface area contributed by atoms with E-state index in [0.717, 1.165) is 48.4 Å². The number of amides is 2. The standard InChI is InChI=1S/C21H26N6O2.C6H6.C3H8O.C2H2/c1-14-19(16-11-22-26(2)12-16)25-27(18-6-4-3-5-7-18)20(14)24-21(29)23-17-9-8-15(10-17)13-28;1-2-4-6-5-3-1;1-3-4-2;1-2/h3-7,11-12,15,17,28H,8-10,13H2,1-2H3,(H2,23,24,29);1-6H;3H2,1-2H3;1-2H/t15-,17+;;;/m0.../s1. The summed E-state index contributed by atoms with van der Waals surface area (Å²) in [5.41, 5.74) is 3.40. The highest BCUT2D eigenvalue weighted by Crippen LogP contribution is 2.30. The highest BCUT2D eigenvalue weighted by atomic mass is 16.5. The molecule has 0 radical (unpaired) electrons. The van der Waals surface area contributed by atoms with Gasteiger partial charge in [-0.3, -0.25) is 10.00 Å². The van der Waals surface area contributed by atoms with Gasteiger partial charge in [0, 0.05) is 50.7 Å². The van der Waals surface area contributed by atoms with E-state index in [2.05, 4.69) is 33.3 Å². The summed E-state index contributed by atoms with van der Waals surface area (Å²) in [6.07, 6.45) is 14.3. The van der Waals surface area contributed by atoms with Crippen molar-refractivity contribution < 1.29 is 14.6 Å². The molecule has 218 valence electrons. The molecule has 41 heavy (non-hydrogen) atoms. The predicted octanol–water partition coefficient (Wildman–Crippen LogP) is 5.45. The maximum atomic E-state index is 12.7. The smallest absolute Gasteiger partial charge is 0.320 e. The Labute approximate surface area is 243 Å². The average molecular weight is 559 g/mol. The molecule has 9 heteroatoms. The summed E-state index contributed by atoms with van der Waals surface area (Å²) >= 11 is 0. The van der Waals surface area contributed by atoms with Gasteiger partial charge in [0.1, 0.15) is 11.5 Å². The number of aliphatic hydroxyl groups is 1. The Morgan fingerprint density at radius 1 is 1.07 bits per heavy atom. The topological polar surface area (TPSA) is 106 Å². The van der Waals surface area contributed by atoms with Gasteiger partial charge in [0.15, 0.2) is 0 Å². The fourth-order valence-corrected chi connectivity index (χ4v) is 4.30. The molecule has 2 amide bonds. The lowest BCUT2D eigenvalue weighted by molar-refractivity contribution is 0.215. The molecule has 2 aromatic heterocycles. The quantitative estimate of drug-likeness (QED) is 0.273. The molecule has 2 heterocycles. The first-order valence-electron chi connectivity index (χ1n) is 13.6. The van der Waals surface area contributed by atoms with Crippen molar-refractivity contribution in [3.05, 3.63) is 84.7 Å². The molecule has 0 bridgehead atoms. The van der Waals surface area contributed by atoms with Gasteiger partial charge in [-0.2, -0.15) is 10.2 Å². The van der Waals surface area contributed by atoms with Gasteiger partial charge in [-0.05, 0) is 51.2 Å². The van der Waals surface area contributed by atoms with E-state index >= 15 is 0 Å². The lowest BCUT2D eigenvalue weighted by atomic mass is 10.1. The van der Waals surface area contributed by atoms with Gasteiger partial charge in [-0.15, -0.1) is 12.8 Å². The number of hydrogen-bond acceptors (Lipinski definition) is 5. The molecule has 0 saturated heterocycles. The van der Waals surface area contributed by atoms with Crippen molar-refractivity contribution in [3.8, 4) is 29.8 Å². The van der Waals surface area contributed by atoms with Crippen LogP contribution in [0.25, 0.3) is 16.9 Å². The van der Waals surface area contributed by atoms with E-state index in [-0.39, 0.29) is 24.6 Å². The molecule has 4 aromatic rings. The van der Waals surface area contributed by atoms with Gasteiger partial charge in [0.2, 0.25) is 0 Å². The van der Waals surface area contributed by atoms with E-state index in [9.17, 15) is 9.90 Å². The number of urea groups is 1. The number of anilines is 1. The van der Waals surface area contributed by atoms with Gasteiger partial charge >= 0.3 is 6.03 Å². The van der Waals surface area contributed by atoms with Crippen LogP contribution in [0, 0.1) is 25.7 Å². The lowest BCUT2D eigenvalue weighted by Gasteiger charge is -2.15. The summed E-state index contributed by atoms with van der Waals surface area (Å²) in [6, 6.07) is 21.5. The average Bonchev–Trinajstić information content (AvgIpc) is 3.75. The Morgan fingerprint density at radius 2 is 1.66 bits per heavy atom. The van der Waals surface area contributed by atoms with E-state index < -0.39 is 0 Å². The fraction of sp³-hybridized carbons (Fsp3) is 0.344. The highest BCUT2D eigenvalue weighted by molar-refractivity contribution is 5.91. The molecule has 0 spiro atoms. The van der Waals surface area contributed by atoms with Crippen LogP contribution in [0.1, 0.15) is 31.7 Å². The van der Waals surface area contributed by atoms with E-state index in [1.165, 1.54) is 0 Å². The molecular weight excluding hydrogens is 516 g/mol. The predicted molar refractivity (Wildman–Crippen MR) is 165 cm³/mol. The number of para-hydroxylation sites is 1. The first kappa shape index (κ1) is 32.8. The number of methoxy groups -OCH3 is 1. The summed E-state index contributed by atoms with van der Waals surface area (Å²) in [6.45, 7) is 4.90. The van der Waals surface area contributed by atoms with E-state index in [1.807, 2.05) is 93.8 Å². The van der Waals surface area contributed by atoms with Crippen molar-refractivity contribution in [2.45, 2.75) is 39.2 Å². The third kappa shape index (κ3) is 10.3. The molecule has 1 saturated carbocycles. The van der Waals surface area contributed by atoms with Crippen LogP contribution in [-0.2, 0) is 11.8 Å². The van der Waals surface area contributed by atoms with Crippen molar-refractivity contribution in [1.29, 1.82) is 0 Å². The Kier molecular flexibility index (Phi) is 14.5. The largest absolute Gasteiger partial charge is 0.396 e. The number of aromatic nitrogens is 4. The van der Waals surface area contributed by atoms with Crippen LogP contribution in [-0.4, -0.2) is 57.1 Å². The number of carbonyl (C=O) groups excluding carboxylic acids is 1. The maximum Gasteiger partial charge on any atom is 0.320 e. The second-order valence-electron chi connectivity index (χ2n) is 9.36. The van der Waals surface area contributed by atoms with E-state index in [0.29, 0.717) is 5.82 Å². The monoisotopic (exact) mass is 558 g/mol. The third-order valence-electron chi connectivity index (χ3n) is 6.42. The van der Waals surface area contributed by atoms with Gasteiger partial charge in [0.25, 0.3) is 0 Å². The third-order valence-corrected chi connectivity index (χ3v) is 6.42. The minimum Gasteiger partial charge on any atom is -0.396 e. The molecule has 1 aliphatic carbocycles. The SMILES string of the molecule is C#C.CCOC.Cc1c(-c2cnn(C)c2)nn(-c2ccccc2)c1NC(=O)N[C@@H]1CC[C@H](CO)C1.c1ccccc1. The van der Waals surface area contributed by atoms with Crippen LogP contribution < -0.4 is 10.6 Å².